The highest BCUT2D eigenvalue weighted by atomic mass is 32.1. The van der Waals surface area contributed by atoms with Gasteiger partial charge >= 0.3 is 0 Å². The van der Waals surface area contributed by atoms with Crippen LogP contribution in [0.5, 0.6) is 0 Å². The van der Waals surface area contributed by atoms with Gasteiger partial charge in [-0.1, -0.05) is 30.3 Å². The van der Waals surface area contributed by atoms with Crippen LogP contribution in [-0.4, -0.2) is 29.7 Å². The quantitative estimate of drug-likeness (QED) is 0.710. The number of carbonyl (C=O) groups excluding carboxylic acids is 1. The third kappa shape index (κ3) is 3.69. The summed E-state index contributed by atoms with van der Waals surface area (Å²) in [6.07, 6.45) is 3.19. The monoisotopic (exact) mass is 368 g/mol. The van der Waals surface area contributed by atoms with Gasteiger partial charge in [-0.05, 0) is 43.9 Å². The number of carbonyl (C=O) groups is 1. The lowest BCUT2D eigenvalue weighted by atomic mass is 10.1. The van der Waals surface area contributed by atoms with Crippen LogP contribution in [0.3, 0.4) is 0 Å². The minimum atomic E-state index is -0.00499. The molecule has 4 nitrogen and oxygen atoms in total. The fourth-order valence-electron chi connectivity index (χ4n) is 3.58. The molecule has 0 unspecified atom stereocenters. The highest BCUT2D eigenvalue weighted by Crippen LogP contribution is 2.29. The van der Waals surface area contributed by atoms with Crippen LogP contribution in [0.15, 0.2) is 42.5 Å². The van der Waals surface area contributed by atoms with Crippen LogP contribution >= 0.6 is 11.3 Å². The van der Waals surface area contributed by atoms with Crippen LogP contribution in [0, 0.1) is 6.92 Å². The van der Waals surface area contributed by atoms with Crippen LogP contribution in [0.2, 0.25) is 0 Å². The van der Waals surface area contributed by atoms with Crippen LogP contribution in [0.4, 0.5) is 0 Å². The van der Waals surface area contributed by atoms with Crippen molar-refractivity contribution in [1.82, 2.24) is 9.88 Å². The van der Waals surface area contributed by atoms with E-state index in [1.54, 1.807) is 11.3 Å². The molecule has 0 saturated carbocycles. The van der Waals surface area contributed by atoms with Crippen molar-refractivity contribution in [2.45, 2.75) is 38.8 Å². The summed E-state index contributed by atoms with van der Waals surface area (Å²) >= 11 is 1.74. The molecule has 3 aromatic rings. The lowest BCUT2D eigenvalue weighted by Crippen LogP contribution is -2.33. The Morgan fingerprint density at radius 2 is 2.15 bits per heavy atom. The molecule has 0 radical (unpaired) electrons. The zero-order valence-electron chi connectivity index (χ0n) is 15.0. The van der Waals surface area contributed by atoms with Gasteiger partial charge in [0.2, 0.25) is 0 Å². The summed E-state index contributed by atoms with van der Waals surface area (Å²) in [4.78, 5) is 14.1. The zero-order chi connectivity index (χ0) is 17.9. The second-order valence-corrected chi connectivity index (χ2v) is 8.16. The normalized spacial score (nSPS) is 17.0. The highest BCUT2D eigenvalue weighted by molar-refractivity contribution is 7.19. The van der Waals surface area contributed by atoms with E-state index in [4.69, 9.17) is 4.74 Å². The van der Waals surface area contributed by atoms with Crippen molar-refractivity contribution in [3.8, 4) is 0 Å². The van der Waals surface area contributed by atoms with Crippen LogP contribution in [0.1, 0.15) is 33.8 Å². The van der Waals surface area contributed by atoms with Crippen molar-refractivity contribution in [2.75, 3.05) is 13.2 Å². The first-order chi connectivity index (χ1) is 12.7. The fourth-order valence-corrected chi connectivity index (χ4v) is 4.54. The Balaban J connectivity index is 1.54. The smallest absolute Gasteiger partial charge is 0.268 e. The number of aromatic nitrogens is 1. The fraction of sp³-hybridized carbons (Fsp3) is 0.381. The molecule has 1 amide bonds. The number of ether oxygens (including phenoxy) is 1. The van der Waals surface area contributed by atoms with Crippen LogP contribution in [0.25, 0.3) is 10.2 Å². The summed E-state index contributed by atoms with van der Waals surface area (Å²) in [6, 6.07) is 14.6. The van der Waals surface area contributed by atoms with Crippen molar-refractivity contribution < 1.29 is 9.53 Å². The van der Waals surface area contributed by atoms with E-state index < -0.39 is 0 Å². The Labute approximate surface area is 157 Å². The second-order valence-electron chi connectivity index (χ2n) is 6.87. The van der Waals surface area contributed by atoms with Crippen LogP contribution < -0.4 is 5.32 Å². The van der Waals surface area contributed by atoms with Gasteiger partial charge in [0.15, 0.2) is 0 Å². The van der Waals surface area contributed by atoms with Gasteiger partial charge in [0.05, 0.1) is 16.3 Å². The molecule has 0 aliphatic carbocycles. The number of hydrogen-bond acceptors (Lipinski definition) is 3. The van der Waals surface area contributed by atoms with E-state index in [9.17, 15) is 4.79 Å². The number of hydrogen-bond donors (Lipinski definition) is 1. The summed E-state index contributed by atoms with van der Waals surface area (Å²) in [5.74, 6) is -0.00499. The third-order valence-corrected chi connectivity index (χ3v) is 5.91. The van der Waals surface area contributed by atoms with E-state index in [0.717, 1.165) is 43.6 Å². The molecule has 1 aliphatic heterocycles. The van der Waals surface area contributed by atoms with E-state index in [1.165, 1.54) is 15.1 Å². The van der Waals surface area contributed by atoms with Gasteiger partial charge in [-0.3, -0.25) is 4.79 Å². The topological polar surface area (TPSA) is 43.3 Å². The Hall–Kier alpha value is -2.11. The SMILES string of the molecule is Cc1cc2c(cc(C(=O)NC[C@H]3CCCO3)n2CCc2ccccc2)s1. The summed E-state index contributed by atoms with van der Waals surface area (Å²) in [5.41, 5.74) is 3.19. The first-order valence-electron chi connectivity index (χ1n) is 9.24. The number of thiophene rings is 1. The number of rotatable bonds is 6. The lowest BCUT2D eigenvalue weighted by molar-refractivity contribution is 0.0850. The van der Waals surface area contributed by atoms with E-state index in [2.05, 4.69) is 47.1 Å². The van der Waals surface area contributed by atoms with Crippen molar-refractivity contribution in [1.29, 1.82) is 0 Å². The Kier molecular flexibility index (Phi) is 5.09. The van der Waals surface area contributed by atoms with Gasteiger partial charge in [-0.15, -0.1) is 11.3 Å². The minimum absolute atomic E-state index is 0.00499. The first kappa shape index (κ1) is 17.3. The Morgan fingerprint density at radius 1 is 1.31 bits per heavy atom. The number of fused-ring (bicyclic) bond motifs is 1. The number of nitrogens with one attached hydrogen (secondary N) is 1. The molecule has 2 aromatic heterocycles. The minimum Gasteiger partial charge on any atom is -0.376 e. The maximum absolute atomic E-state index is 12.8. The molecule has 136 valence electrons. The number of nitrogens with zero attached hydrogens (tertiary/aromatic N) is 1. The molecule has 1 atom stereocenters. The Morgan fingerprint density at radius 3 is 2.92 bits per heavy atom. The summed E-state index contributed by atoms with van der Waals surface area (Å²) < 4.78 is 8.96. The van der Waals surface area contributed by atoms with Crippen molar-refractivity contribution in [3.63, 3.8) is 0 Å². The van der Waals surface area contributed by atoms with Crippen molar-refractivity contribution >= 4 is 27.5 Å². The van der Waals surface area contributed by atoms with Gasteiger partial charge in [0, 0.05) is 24.6 Å². The largest absolute Gasteiger partial charge is 0.376 e. The predicted octanol–water partition coefficient (Wildman–Crippen LogP) is 4.16. The van der Waals surface area contributed by atoms with Gasteiger partial charge in [0.1, 0.15) is 5.69 Å². The average molecular weight is 369 g/mol. The second kappa shape index (κ2) is 7.64. The summed E-state index contributed by atoms with van der Waals surface area (Å²) in [6.45, 7) is 4.31. The van der Waals surface area contributed by atoms with Gasteiger partial charge in [-0.25, -0.2) is 0 Å². The van der Waals surface area contributed by atoms with E-state index in [-0.39, 0.29) is 12.0 Å². The predicted molar refractivity (Wildman–Crippen MR) is 106 cm³/mol. The maximum atomic E-state index is 12.8. The molecule has 0 bridgehead atoms. The van der Waals surface area contributed by atoms with Crippen molar-refractivity contribution in [2.24, 2.45) is 0 Å². The molecule has 0 spiro atoms. The molecule has 1 fully saturated rings. The molecule has 26 heavy (non-hydrogen) atoms. The van der Waals surface area contributed by atoms with E-state index >= 15 is 0 Å². The average Bonchev–Trinajstić information content (AvgIpc) is 3.35. The van der Waals surface area contributed by atoms with Crippen LogP contribution in [-0.2, 0) is 17.7 Å². The lowest BCUT2D eigenvalue weighted by Gasteiger charge is -2.13. The first-order valence-corrected chi connectivity index (χ1v) is 10.1. The third-order valence-electron chi connectivity index (χ3n) is 4.93. The maximum Gasteiger partial charge on any atom is 0.268 e. The molecule has 1 aromatic carbocycles. The number of benzene rings is 1. The summed E-state index contributed by atoms with van der Waals surface area (Å²) in [5, 5.41) is 3.06. The molecule has 1 aliphatic rings. The van der Waals surface area contributed by atoms with Gasteiger partial charge in [0.25, 0.3) is 5.91 Å². The molecule has 4 rings (SSSR count). The molecule has 5 heteroatoms. The molecular formula is C21H24N2O2S. The van der Waals surface area contributed by atoms with Gasteiger partial charge < -0.3 is 14.6 Å². The standard InChI is InChI=1S/C21H24N2O2S/c1-15-12-18-20(26-15)13-19(21(24)22-14-17-8-5-11-25-17)23(18)10-9-16-6-3-2-4-7-16/h2-4,6-7,12-13,17H,5,8-11,14H2,1H3,(H,22,24)/t17-/m1/s1. The van der Waals surface area contributed by atoms with Gasteiger partial charge in [-0.2, -0.15) is 0 Å². The van der Waals surface area contributed by atoms with E-state index in [0.29, 0.717) is 6.54 Å². The van der Waals surface area contributed by atoms with E-state index in [1.807, 2.05) is 12.1 Å². The van der Waals surface area contributed by atoms with Crippen molar-refractivity contribution in [3.05, 3.63) is 58.6 Å². The molecule has 1 saturated heterocycles. The molecule has 3 heterocycles. The molecular weight excluding hydrogens is 344 g/mol. The number of amides is 1. The molecule has 1 N–H and O–H groups in total. The highest BCUT2D eigenvalue weighted by Gasteiger charge is 2.20. The summed E-state index contributed by atoms with van der Waals surface area (Å²) in [7, 11) is 0. The zero-order valence-corrected chi connectivity index (χ0v) is 15.8. The Bertz CT molecular complexity index is 892. The number of aryl methyl sites for hydroxylation is 3.